The summed E-state index contributed by atoms with van der Waals surface area (Å²) < 4.78 is 0. The second-order valence-corrected chi connectivity index (χ2v) is 4.39. The quantitative estimate of drug-likeness (QED) is 0.344. The Kier molecular flexibility index (Phi) is 15.1. The molecule has 0 aliphatic rings. The number of carboxylic acids is 1. The van der Waals surface area contributed by atoms with Gasteiger partial charge in [-0.25, -0.2) is 0 Å². The van der Waals surface area contributed by atoms with Gasteiger partial charge in [0.2, 0.25) is 0 Å². The van der Waals surface area contributed by atoms with Crippen LogP contribution < -0.4 is 0 Å². The van der Waals surface area contributed by atoms with Gasteiger partial charge in [0.1, 0.15) is 0 Å². The second-order valence-electron chi connectivity index (χ2n) is 3.76. The minimum atomic E-state index is -0.792. The Hall–Kier alpha value is 0.560. The van der Waals surface area contributed by atoms with E-state index >= 15 is 0 Å². The molecule has 0 saturated heterocycles. The van der Waals surface area contributed by atoms with Gasteiger partial charge in [-0.05, 0) is 6.42 Å². The number of aliphatic carboxylic acids is 1. The van der Waals surface area contributed by atoms with Crippen LogP contribution >= 0.6 is 12.6 Å². The number of thiol groups is 1. The molecule has 0 fully saturated rings. The van der Waals surface area contributed by atoms with Gasteiger partial charge in [-0.15, -0.1) is 0 Å². The zero-order chi connectivity index (χ0) is 10.8. The molecule has 0 bridgehead atoms. The van der Waals surface area contributed by atoms with E-state index in [0.29, 0.717) is 6.42 Å². The number of hydrogen-bond donors (Lipinski definition) is 2. The molecule has 1 radical (unpaired) electrons. The molecule has 1 N–H and O–H groups in total. The van der Waals surface area contributed by atoms with Crippen LogP contribution in [0.1, 0.15) is 58.3 Å². The van der Waals surface area contributed by atoms with Crippen molar-refractivity contribution in [1.82, 2.24) is 0 Å². The molecule has 0 amide bonds. The molecular formula is C11H22AuO2S. The molecule has 0 aromatic heterocycles. The normalized spacial score (nSPS) is 11.9. The topological polar surface area (TPSA) is 37.3 Å². The van der Waals surface area contributed by atoms with Gasteiger partial charge in [-0.1, -0.05) is 51.9 Å². The van der Waals surface area contributed by atoms with E-state index in [9.17, 15) is 4.79 Å². The van der Waals surface area contributed by atoms with Crippen molar-refractivity contribution in [3.63, 3.8) is 0 Å². The molecule has 0 aromatic rings. The van der Waals surface area contributed by atoms with Gasteiger partial charge in [0, 0.05) is 22.4 Å². The fraction of sp³-hybridized carbons (Fsp3) is 0.909. The first kappa shape index (κ1) is 17.9. The van der Waals surface area contributed by atoms with E-state index in [1.807, 2.05) is 0 Å². The number of unbranched alkanes of at least 4 members (excludes halogenated alkanes) is 6. The third-order valence-corrected chi connectivity index (χ3v) is 2.85. The van der Waals surface area contributed by atoms with Gasteiger partial charge >= 0.3 is 5.97 Å². The first-order valence-corrected chi connectivity index (χ1v) is 6.11. The van der Waals surface area contributed by atoms with Crippen LogP contribution in [0.4, 0.5) is 0 Å². The molecule has 0 saturated carbocycles. The summed E-state index contributed by atoms with van der Waals surface area (Å²) in [5, 5.41) is 8.11. The van der Waals surface area contributed by atoms with Gasteiger partial charge in [-0.3, -0.25) is 4.79 Å². The van der Waals surface area contributed by atoms with Crippen molar-refractivity contribution in [2.45, 2.75) is 63.5 Å². The van der Waals surface area contributed by atoms with Crippen molar-refractivity contribution >= 4 is 18.6 Å². The van der Waals surface area contributed by atoms with Crippen LogP contribution in [0.3, 0.4) is 0 Å². The molecule has 1 atom stereocenters. The molecule has 0 spiro atoms. The second kappa shape index (κ2) is 12.6. The molecule has 0 aromatic carbocycles. The first-order valence-electron chi connectivity index (χ1n) is 5.59. The summed E-state index contributed by atoms with van der Waals surface area (Å²) in [7, 11) is 0. The van der Waals surface area contributed by atoms with Crippen LogP contribution in [0.2, 0.25) is 0 Å². The third kappa shape index (κ3) is 12.5. The van der Waals surface area contributed by atoms with Crippen molar-refractivity contribution in [1.29, 1.82) is 0 Å². The van der Waals surface area contributed by atoms with E-state index in [-0.39, 0.29) is 22.4 Å². The summed E-state index contributed by atoms with van der Waals surface area (Å²) in [4.78, 5) is 10.4. The van der Waals surface area contributed by atoms with Gasteiger partial charge < -0.3 is 5.11 Å². The number of carbonyl (C=O) groups is 1. The monoisotopic (exact) mass is 415 g/mol. The summed E-state index contributed by atoms with van der Waals surface area (Å²) in [6, 6.07) is 0. The van der Waals surface area contributed by atoms with E-state index in [4.69, 9.17) is 5.11 Å². The van der Waals surface area contributed by atoms with Crippen molar-refractivity contribution in [2.75, 3.05) is 0 Å². The maximum Gasteiger partial charge on any atom is 0.316 e. The minimum absolute atomic E-state index is 0. The Labute approximate surface area is 114 Å². The van der Waals surface area contributed by atoms with E-state index in [2.05, 4.69) is 19.6 Å². The molecular weight excluding hydrogens is 393 g/mol. The molecule has 1 unspecified atom stereocenters. The Balaban J connectivity index is 0. The fourth-order valence-electron chi connectivity index (χ4n) is 1.42. The number of carboxylic acid groups (broad SMARTS) is 1. The maximum atomic E-state index is 10.4. The number of hydrogen-bond acceptors (Lipinski definition) is 2. The van der Waals surface area contributed by atoms with Crippen LogP contribution in [-0.4, -0.2) is 16.3 Å². The van der Waals surface area contributed by atoms with Crippen LogP contribution in [0.25, 0.3) is 0 Å². The van der Waals surface area contributed by atoms with Gasteiger partial charge in [-0.2, -0.15) is 12.6 Å². The van der Waals surface area contributed by atoms with E-state index in [1.165, 1.54) is 32.1 Å². The maximum absolute atomic E-state index is 10.4. The van der Waals surface area contributed by atoms with E-state index < -0.39 is 11.2 Å². The Morgan fingerprint density at radius 1 is 1.13 bits per heavy atom. The summed E-state index contributed by atoms with van der Waals surface area (Å²) in [6.45, 7) is 2.21. The Morgan fingerprint density at radius 2 is 1.60 bits per heavy atom. The summed E-state index contributed by atoms with van der Waals surface area (Å²) in [5.41, 5.74) is 0. The Morgan fingerprint density at radius 3 is 2.07 bits per heavy atom. The summed E-state index contributed by atoms with van der Waals surface area (Å²) in [6.07, 6.45) is 9.28. The smallest absolute Gasteiger partial charge is 0.316 e. The van der Waals surface area contributed by atoms with Crippen LogP contribution in [0.15, 0.2) is 0 Å². The van der Waals surface area contributed by atoms with Crippen LogP contribution in [0, 0.1) is 0 Å². The molecule has 0 aliphatic heterocycles. The molecule has 2 nitrogen and oxygen atoms in total. The average Bonchev–Trinajstić information content (AvgIpc) is 2.16. The van der Waals surface area contributed by atoms with Crippen molar-refractivity contribution in [2.24, 2.45) is 0 Å². The minimum Gasteiger partial charge on any atom is -0.480 e. The predicted octanol–water partition coefficient (Wildman–Crippen LogP) is 3.51. The SMILES string of the molecule is CCCCCCCCCC(S)C(=O)O.[Au]. The van der Waals surface area contributed by atoms with Gasteiger partial charge in [0.25, 0.3) is 0 Å². The van der Waals surface area contributed by atoms with Crippen molar-refractivity contribution < 1.29 is 32.3 Å². The van der Waals surface area contributed by atoms with Crippen LogP contribution in [0.5, 0.6) is 0 Å². The standard InChI is InChI=1S/C11H22O2S.Au/c1-2-3-4-5-6-7-8-9-10(14)11(12)13;/h10,14H,2-9H2,1H3,(H,12,13);. The first-order chi connectivity index (χ1) is 6.68. The molecule has 0 rings (SSSR count). The van der Waals surface area contributed by atoms with E-state index in [1.54, 1.807) is 0 Å². The van der Waals surface area contributed by atoms with Gasteiger partial charge in [0.05, 0.1) is 5.25 Å². The zero-order valence-corrected chi connectivity index (χ0v) is 12.4. The van der Waals surface area contributed by atoms with E-state index in [0.717, 1.165) is 12.8 Å². The zero-order valence-electron chi connectivity index (χ0n) is 9.34. The largest absolute Gasteiger partial charge is 0.480 e. The summed E-state index contributed by atoms with van der Waals surface area (Å²) in [5.74, 6) is -0.792. The molecule has 95 valence electrons. The fourth-order valence-corrected chi connectivity index (χ4v) is 1.60. The van der Waals surface area contributed by atoms with Crippen molar-refractivity contribution in [3.8, 4) is 0 Å². The van der Waals surface area contributed by atoms with Crippen LogP contribution in [-0.2, 0) is 27.2 Å². The molecule has 0 heterocycles. The Bertz CT molecular complexity index is 154. The predicted molar refractivity (Wildman–Crippen MR) is 63.0 cm³/mol. The molecule has 0 aliphatic carbocycles. The third-order valence-electron chi connectivity index (χ3n) is 2.37. The number of rotatable bonds is 9. The summed E-state index contributed by atoms with van der Waals surface area (Å²) >= 11 is 3.98. The average molecular weight is 415 g/mol. The molecule has 4 heteroatoms. The van der Waals surface area contributed by atoms with Crippen molar-refractivity contribution in [3.05, 3.63) is 0 Å². The molecule has 15 heavy (non-hydrogen) atoms. The van der Waals surface area contributed by atoms with Gasteiger partial charge in [0.15, 0.2) is 0 Å².